The summed E-state index contributed by atoms with van der Waals surface area (Å²) in [7, 11) is 0. The molecule has 0 radical (unpaired) electrons. The average Bonchev–Trinajstić information content (AvgIpc) is 2.67. The molecule has 72 valence electrons. The third-order valence-electron chi connectivity index (χ3n) is 2.64. The molecule has 0 N–H and O–H groups in total. The van der Waals surface area contributed by atoms with E-state index in [-0.39, 0.29) is 0 Å². The molecule has 0 bridgehead atoms. The van der Waals surface area contributed by atoms with Gasteiger partial charge in [0.2, 0.25) is 0 Å². The normalized spacial score (nSPS) is 17.0. The Labute approximate surface area is 85.4 Å². The predicted octanol–water partition coefficient (Wildman–Crippen LogP) is 2.60. The molecule has 1 aliphatic heterocycles. The highest BCUT2D eigenvalue weighted by Crippen LogP contribution is 2.16. The fourth-order valence-corrected chi connectivity index (χ4v) is 1.84. The maximum absolute atomic E-state index is 3.70. The Morgan fingerprint density at radius 3 is 2.71 bits per heavy atom. The lowest BCUT2D eigenvalue weighted by atomic mass is 10.2. The van der Waals surface area contributed by atoms with Crippen LogP contribution in [0, 0.1) is 0 Å². The second-order valence-corrected chi connectivity index (χ2v) is 3.73. The third-order valence-corrected chi connectivity index (χ3v) is 2.64. The van der Waals surface area contributed by atoms with Gasteiger partial charge in [-0.05, 0) is 17.6 Å². The maximum atomic E-state index is 3.70. The van der Waals surface area contributed by atoms with Gasteiger partial charge in [-0.15, -0.1) is 5.73 Å². The number of hydrogen-bond acceptors (Lipinski definition) is 1. The van der Waals surface area contributed by atoms with Crippen LogP contribution in [-0.4, -0.2) is 18.0 Å². The van der Waals surface area contributed by atoms with Gasteiger partial charge in [0.05, 0.1) is 0 Å². The highest BCUT2D eigenvalue weighted by Gasteiger charge is 2.15. The molecule has 1 saturated heterocycles. The van der Waals surface area contributed by atoms with E-state index in [0.717, 1.165) is 26.1 Å². The topological polar surface area (TPSA) is 3.24 Å². The maximum Gasteiger partial charge on any atom is 0.0272 e. The van der Waals surface area contributed by atoms with Crippen molar-refractivity contribution >= 4 is 0 Å². The van der Waals surface area contributed by atoms with Crippen molar-refractivity contribution in [2.75, 3.05) is 13.1 Å². The Kier molecular flexibility index (Phi) is 2.83. The highest BCUT2D eigenvalue weighted by molar-refractivity contribution is 5.16. The van der Waals surface area contributed by atoms with Crippen molar-refractivity contribution in [1.82, 2.24) is 4.90 Å². The summed E-state index contributed by atoms with van der Waals surface area (Å²) in [6, 6.07) is 10.6. The minimum atomic E-state index is 1.04. The second-order valence-electron chi connectivity index (χ2n) is 3.73. The molecule has 1 aromatic rings. The molecule has 0 spiro atoms. The van der Waals surface area contributed by atoms with E-state index in [4.69, 9.17) is 0 Å². The van der Waals surface area contributed by atoms with E-state index in [0.29, 0.717) is 0 Å². The molecule has 1 heteroatoms. The van der Waals surface area contributed by atoms with Gasteiger partial charge >= 0.3 is 0 Å². The molecule has 1 aliphatic rings. The first-order valence-corrected chi connectivity index (χ1v) is 5.02. The van der Waals surface area contributed by atoms with Crippen LogP contribution in [0.4, 0.5) is 0 Å². The van der Waals surface area contributed by atoms with Crippen molar-refractivity contribution in [3.05, 3.63) is 53.8 Å². The molecule has 0 saturated carbocycles. The van der Waals surface area contributed by atoms with E-state index in [1.165, 1.54) is 11.1 Å². The van der Waals surface area contributed by atoms with E-state index in [1.807, 2.05) is 0 Å². The summed E-state index contributed by atoms with van der Waals surface area (Å²) in [4.78, 5) is 2.43. The van der Waals surface area contributed by atoms with Gasteiger partial charge in [-0.25, -0.2) is 0 Å². The van der Waals surface area contributed by atoms with Crippen LogP contribution in [0.15, 0.2) is 48.2 Å². The van der Waals surface area contributed by atoms with Crippen LogP contribution in [0.25, 0.3) is 0 Å². The molecular formula is C13H15N. The van der Waals surface area contributed by atoms with Crippen LogP contribution in [0.5, 0.6) is 0 Å². The lowest BCUT2D eigenvalue weighted by Gasteiger charge is -2.13. The van der Waals surface area contributed by atoms with Gasteiger partial charge in [0, 0.05) is 19.6 Å². The molecule has 1 aromatic carbocycles. The Morgan fingerprint density at radius 2 is 2.07 bits per heavy atom. The van der Waals surface area contributed by atoms with Gasteiger partial charge in [-0.2, -0.15) is 0 Å². The van der Waals surface area contributed by atoms with Crippen LogP contribution < -0.4 is 0 Å². The summed E-state index contributed by atoms with van der Waals surface area (Å²) in [5.41, 5.74) is 5.74. The van der Waals surface area contributed by atoms with Crippen LogP contribution >= 0.6 is 0 Å². The molecule has 0 aromatic heterocycles. The molecule has 2 rings (SSSR count). The van der Waals surface area contributed by atoms with Crippen LogP contribution in [0.3, 0.4) is 0 Å². The summed E-state index contributed by atoms with van der Waals surface area (Å²) in [5.74, 6) is 0. The molecular weight excluding hydrogens is 170 g/mol. The third kappa shape index (κ3) is 2.14. The van der Waals surface area contributed by atoms with Gasteiger partial charge in [0.15, 0.2) is 0 Å². The first-order chi connectivity index (χ1) is 6.88. The monoisotopic (exact) mass is 185 g/mol. The Hall–Kier alpha value is -1.30. The average molecular weight is 185 g/mol. The van der Waals surface area contributed by atoms with Crippen molar-refractivity contribution in [1.29, 1.82) is 0 Å². The van der Waals surface area contributed by atoms with E-state index in [9.17, 15) is 0 Å². The van der Waals surface area contributed by atoms with Gasteiger partial charge in [-0.3, -0.25) is 4.90 Å². The van der Waals surface area contributed by atoms with Gasteiger partial charge < -0.3 is 0 Å². The first-order valence-electron chi connectivity index (χ1n) is 5.02. The Morgan fingerprint density at radius 1 is 1.29 bits per heavy atom. The number of nitrogens with zero attached hydrogens (tertiary/aromatic N) is 1. The molecule has 1 fully saturated rings. The van der Waals surface area contributed by atoms with Crippen molar-refractivity contribution in [2.45, 2.75) is 13.0 Å². The van der Waals surface area contributed by atoms with Crippen LogP contribution in [0.1, 0.15) is 12.0 Å². The summed E-state index contributed by atoms with van der Waals surface area (Å²) < 4.78 is 0. The molecule has 1 nitrogen and oxygen atoms in total. The zero-order valence-corrected chi connectivity index (χ0v) is 8.37. The first kappa shape index (κ1) is 9.26. The minimum absolute atomic E-state index is 1.04. The summed E-state index contributed by atoms with van der Waals surface area (Å²) in [5, 5.41) is 0. The van der Waals surface area contributed by atoms with Gasteiger partial charge in [0.25, 0.3) is 0 Å². The second kappa shape index (κ2) is 4.28. The number of rotatable bonds is 2. The number of likely N-dealkylation sites (tertiary alicyclic amines) is 1. The van der Waals surface area contributed by atoms with E-state index in [2.05, 4.69) is 47.5 Å². The fourth-order valence-electron chi connectivity index (χ4n) is 1.84. The summed E-state index contributed by atoms with van der Waals surface area (Å²) in [6.45, 7) is 6.93. The van der Waals surface area contributed by atoms with E-state index < -0.39 is 0 Å². The molecule has 0 atom stereocenters. The summed E-state index contributed by atoms with van der Waals surface area (Å²) >= 11 is 0. The molecule has 14 heavy (non-hydrogen) atoms. The zero-order valence-electron chi connectivity index (χ0n) is 8.37. The number of benzene rings is 1. The predicted molar refractivity (Wildman–Crippen MR) is 59.0 cm³/mol. The fraction of sp³-hybridized carbons (Fsp3) is 0.308. The highest BCUT2D eigenvalue weighted by atomic mass is 15.1. The number of hydrogen-bond donors (Lipinski definition) is 0. The van der Waals surface area contributed by atoms with Crippen molar-refractivity contribution in [3.63, 3.8) is 0 Å². The van der Waals surface area contributed by atoms with Crippen LogP contribution in [0.2, 0.25) is 0 Å². The van der Waals surface area contributed by atoms with Crippen LogP contribution in [-0.2, 0) is 6.54 Å². The van der Waals surface area contributed by atoms with Gasteiger partial charge in [-0.1, -0.05) is 36.9 Å². The van der Waals surface area contributed by atoms with E-state index >= 15 is 0 Å². The largest absolute Gasteiger partial charge is 0.294 e. The molecule has 0 unspecified atom stereocenters. The lowest BCUT2D eigenvalue weighted by Crippen LogP contribution is -2.18. The zero-order chi connectivity index (χ0) is 9.80. The molecule has 0 amide bonds. The SMILES string of the molecule is C=C=C1CCN(Cc2ccccc2)C1. The minimum Gasteiger partial charge on any atom is -0.294 e. The van der Waals surface area contributed by atoms with Gasteiger partial charge in [0.1, 0.15) is 0 Å². The molecule has 1 heterocycles. The van der Waals surface area contributed by atoms with Crippen molar-refractivity contribution in [2.24, 2.45) is 0 Å². The quantitative estimate of drug-likeness (QED) is 0.640. The standard InChI is InChI=1S/C13H15N/c1-2-12-8-9-14(10-12)11-13-6-4-3-5-7-13/h3-7H,1,8-11H2. The Balaban J connectivity index is 1.97. The van der Waals surface area contributed by atoms with Crippen molar-refractivity contribution in [3.8, 4) is 0 Å². The smallest absolute Gasteiger partial charge is 0.0272 e. The molecule has 0 aliphatic carbocycles. The summed E-state index contributed by atoms with van der Waals surface area (Å²) in [6.07, 6.45) is 1.14. The lowest BCUT2D eigenvalue weighted by molar-refractivity contribution is 0.337. The van der Waals surface area contributed by atoms with E-state index in [1.54, 1.807) is 0 Å². The Bertz CT molecular complexity index is 347. The van der Waals surface area contributed by atoms with Crippen molar-refractivity contribution < 1.29 is 0 Å².